The molecular weight excluding hydrogens is 314 g/mol. The van der Waals surface area contributed by atoms with E-state index in [1.54, 1.807) is 0 Å². The predicted molar refractivity (Wildman–Crippen MR) is 95.3 cm³/mol. The molecule has 2 aliphatic rings. The van der Waals surface area contributed by atoms with E-state index in [2.05, 4.69) is 41.2 Å². The molecule has 25 heavy (non-hydrogen) atoms. The van der Waals surface area contributed by atoms with Crippen LogP contribution in [0.5, 0.6) is 0 Å². The Bertz CT molecular complexity index is 724. The highest BCUT2D eigenvalue weighted by atomic mass is 16.5. The average Bonchev–Trinajstić information content (AvgIpc) is 3.38. The van der Waals surface area contributed by atoms with Crippen molar-refractivity contribution < 1.29 is 9.32 Å². The molecule has 0 radical (unpaired) electrons. The van der Waals surface area contributed by atoms with E-state index < -0.39 is 0 Å². The van der Waals surface area contributed by atoms with Gasteiger partial charge in [0.2, 0.25) is 0 Å². The van der Waals surface area contributed by atoms with Crippen molar-refractivity contribution in [2.45, 2.75) is 44.7 Å². The minimum Gasteiger partial charge on any atom is -0.360 e. The smallest absolute Gasteiger partial charge is 0.276 e. The Morgan fingerprint density at radius 3 is 2.80 bits per heavy atom. The van der Waals surface area contributed by atoms with Gasteiger partial charge in [-0.1, -0.05) is 35.5 Å². The van der Waals surface area contributed by atoms with Gasteiger partial charge in [0.25, 0.3) is 5.91 Å². The monoisotopic (exact) mass is 339 g/mol. The molecule has 132 valence electrons. The number of amides is 1. The molecule has 1 amide bonds. The molecule has 0 bridgehead atoms. The second-order valence-electron chi connectivity index (χ2n) is 7.31. The number of nitrogens with zero attached hydrogens (tertiary/aromatic N) is 3. The summed E-state index contributed by atoms with van der Waals surface area (Å²) in [6, 6.07) is 12.5. The summed E-state index contributed by atoms with van der Waals surface area (Å²) in [6.45, 7) is 5.73. The van der Waals surface area contributed by atoms with Crippen LogP contribution in [0.1, 0.15) is 53.9 Å². The highest BCUT2D eigenvalue weighted by Gasteiger charge is 2.32. The number of aromatic nitrogens is 1. The van der Waals surface area contributed by atoms with Gasteiger partial charge >= 0.3 is 0 Å². The maximum Gasteiger partial charge on any atom is 0.276 e. The number of rotatable bonds is 4. The summed E-state index contributed by atoms with van der Waals surface area (Å²) < 4.78 is 5.36. The fourth-order valence-electron chi connectivity index (χ4n) is 3.63. The lowest BCUT2D eigenvalue weighted by atomic mass is 10.2. The molecule has 1 aromatic heterocycles. The first-order valence-electron chi connectivity index (χ1n) is 9.24. The van der Waals surface area contributed by atoms with Crippen LogP contribution in [0.15, 0.2) is 40.9 Å². The maximum atomic E-state index is 12.9. The zero-order valence-electron chi connectivity index (χ0n) is 14.7. The van der Waals surface area contributed by atoms with E-state index in [1.165, 1.54) is 5.56 Å². The van der Waals surface area contributed by atoms with Crippen LogP contribution in [0, 0.1) is 0 Å². The van der Waals surface area contributed by atoms with E-state index in [-0.39, 0.29) is 11.9 Å². The Hall–Kier alpha value is -2.14. The summed E-state index contributed by atoms with van der Waals surface area (Å²) in [5.74, 6) is 1.36. The molecule has 1 saturated heterocycles. The average molecular weight is 339 g/mol. The third-order valence-electron chi connectivity index (χ3n) is 5.16. The molecule has 4 rings (SSSR count). The van der Waals surface area contributed by atoms with Gasteiger partial charge in [0.05, 0.1) is 0 Å². The molecule has 1 aromatic carbocycles. The van der Waals surface area contributed by atoms with Crippen molar-refractivity contribution in [3.05, 3.63) is 53.4 Å². The van der Waals surface area contributed by atoms with Crippen molar-refractivity contribution >= 4 is 5.91 Å². The lowest BCUT2D eigenvalue weighted by Crippen LogP contribution is -2.42. The molecule has 0 unspecified atom stereocenters. The summed E-state index contributed by atoms with van der Waals surface area (Å²) in [5, 5.41) is 4.02. The third-order valence-corrected chi connectivity index (χ3v) is 5.16. The summed E-state index contributed by atoms with van der Waals surface area (Å²) in [4.78, 5) is 17.3. The lowest BCUT2D eigenvalue weighted by molar-refractivity contribution is 0.0681. The van der Waals surface area contributed by atoms with Crippen molar-refractivity contribution in [3.8, 4) is 0 Å². The zero-order valence-corrected chi connectivity index (χ0v) is 14.7. The van der Waals surface area contributed by atoms with Crippen LogP contribution in [0.4, 0.5) is 0 Å². The SMILES string of the molecule is C[C@H]1CN(Cc2ccccc2)CCCN1C(=O)c1cc(C2CC2)on1. The van der Waals surface area contributed by atoms with Gasteiger partial charge < -0.3 is 9.42 Å². The van der Waals surface area contributed by atoms with Crippen LogP contribution in [-0.2, 0) is 6.54 Å². The summed E-state index contributed by atoms with van der Waals surface area (Å²) in [7, 11) is 0. The minimum absolute atomic E-state index is 0.00436. The maximum absolute atomic E-state index is 12.9. The van der Waals surface area contributed by atoms with Crippen LogP contribution in [-0.4, -0.2) is 46.5 Å². The second kappa shape index (κ2) is 7.00. The normalized spacial score (nSPS) is 22.0. The van der Waals surface area contributed by atoms with Crippen molar-refractivity contribution in [1.29, 1.82) is 0 Å². The van der Waals surface area contributed by atoms with Crippen LogP contribution in [0.25, 0.3) is 0 Å². The Balaban J connectivity index is 1.41. The van der Waals surface area contributed by atoms with Crippen LogP contribution in [0.3, 0.4) is 0 Å². The van der Waals surface area contributed by atoms with E-state index in [0.29, 0.717) is 11.6 Å². The number of carbonyl (C=O) groups excluding carboxylic acids is 1. The van der Waals surface area contributed by atoms with Gasteiger partial charge in [-0.3, -0.25) is 9.69 Å². The van der Waals surface area contributed by atoms with E-state index in [0.717, 1.165) is 51.2 Å². The molecule has 5 heteroatoms. The standard InChI is InChI=1S/C20H25N3O2/c1-15-13-22(14-16-6-3-2-4-7-16)10-5-11-23(15)20(24)18-12-19(25-21-18)17-8-9-17/h2-4,6-7,12,15,17H,5,8-11,13-14H2,1H3/t15-/m0/s1. The molecule has 2 fully saturated rings. The summed E-state index contributed by atoms with van der Waals surface area (Å²) >= 11 is 0. The fraction of sp³-hybridized carbons (Fsp3) is 0.500. The minimum atomic E-state index is 0.00436. The molecule has 1 aliphatic heterocycles. The topological polar surface area (TPSA) is 49.6 Å². The summed E-state index contributed by atoms with van der Waals surface area (Å²) in [5.41, 5.74) is 1.78. The molecule has 5 nitrogen and oxygen atoms in total. The number of hydrogen-bond donors (Lipinski definition) is 0. The fourth-order valence-corrected chi connectivity index (χ4v) is 3.63. The van der Waals surface area contributed by atoms with Crippen LogP contribution < -0.4 is 0 Å². The molecular formula is C20H25N3O2. The van der Waals surface area contributed by atoms with Gasteiger partial charge in [-0.05, 0) is 31.7 Å². The first-order valence-corrected chi connectivity index (χ1v) is 9.24. The molecule has 0 N–H and O–H groups in total. The van der Waals surface area contributed by atoms with Gasteiger partial charge in [0.15, 0.2) is 5.69 Å². The molecule has 2 aromatic rings. The van der Waals surface area contributed by atoms with Crippen LogP contribution in [0.2, 0.25) is 0 Å². The van der Waals surface area contributed by atoms with Crippen molar-refractivity contribution in [2.75, 3.05) is 19.6 Å². The summed E-state index contributed by atoms with van der Waals surface area (Å²) in [6.07, 6.45) is 3.28. The van der Waals surface area contributed by atoms with Gasteiger partial charge in [0.1, 0.15) is 5.76 Å². The highest BCUT2D eigenvalue weighted by molar-refractivity contribution is 5.92. The predicted octanol–water partition coefficient (Wildman–Crippen LogP) is 3.29. The number of carbonyl (C=O) groups is 1. The largest absolute Gasteiger partial charge is 0.360 e. The number of benzene rings is 1. The lowest BCUT2D eigenvalue weighted by Gasteiger charge is -2.28. The zero-order chi connectivity index (χ0) is 17.2. The third kappa shape index (κ3) is 3.76. The van der Waals surface area contributed by atoms with Gasteiger partial charge in [-0.2, -0.15) is 0 Å². The van der Waals surface area contributed by atoms with E-state index in [4.69, 9.17) is 4.52 Å². The Morgan fingerprint density at radius 2 is 2.04 bits per heavy atom. The first kappa shape index (κ1) is 16.3. The highest BCUT2D eigenvalue weighted by Crippen LogP contribution is 2.40. The molecule has 0 spiro atoms. The number of hydrogen-bond acceptors (Lipinski definition) is 4. The molecule has 2 heterocycles. The Morgan fingerprint density at radius 1 is 1.24 bits per heavy atom. The molecule has 1 aliphatic carbocycles. The van der Waals surface area contributed by atoms with Crippen molar-refractivity contribution in [3.63, 3.8) is 0 Å². The van der Waals surface area contributed by atoms with E-state index >= 15 is 0 Å². The molecule has 1 atom stereocenters. The quantitative estimate of drug-likeness (QED) is 0.858. The van der Waals surface area contributed by atoms with E-state index in [9.17, 15) is 4.79 Å². The first-order chi connectivity index (χ1) is 12.2. The van der Waals surface area contributed by atoms with Crippen LogP contribution >= 0.6 is 0 Å². The van der Waals surface area contributed by atoms with Gasteiger partial charge in [0, 0.05) is 44.2 Å². The van der Waals surface area contributed by atoms with Gasteiger partial charge in [-0.15, -0.1) is 0 Å². The Labute approximate surface area is 148 Å². The van der Waals surface area contributed by atoms with Crippen molar-refractivity contribution in [2.24, 2.45) is 0 Å². The second-order valence-corrected chi connectivity index (χ2v) is 7.31. The van der Waals surface area contributed by atoms with E-state index in [1.807, 2.05) is 17.0 Å². The van der Waals surface area contributed by atoms with Gasteiger partial charge in [-0.25, -0.2) is 0 Å². The Kier molecular flexibility index (Phi) is 4.57. The van der Waals surface area contributed by atoms with Crippen molar-refractivity contribution in [1.82, 2.24) is 15.0 Å². The molecule has 1 saturated carbocycles.